The third-order valence-electron chi connectivity index (χ3n) is 4.07. The second-order valence-corrected chi connectivity index (χ2v) is 7.74. The van der Waals surface area contributed by atoms with Gasteiger partial charge in [0.05, 0.1) is 26.4 Å². The summed E-state index contributed by atoms with van der Waals surface area (Å²) < 4.78 is 16.1. The number of nitrogens with one attached hydrogen (secondary N) is 1. The van der Waals surface area contributed by atoms with Crippen molar-refractivity contribution in [2.24, 2.45) is 5.73 Å². The van der Waals surface area contributed by atoms with Crippen molar-refractivity contribution in [3.05, 3.63) is 28.8 Å². The summed E-state index contributed by atoms with van der Waals surface area (Å²) in [6.45, 7) is 10.3. The fourth-order valence-corrected chi connectivity index (χ4v) is 3.50. The molecule has 158 valence electrons. The molecule has 7 nitrogen and oxygen atoms in total. The molecule has 0 fully saturated rings. The van der Waals surface area contributed by atoms with Crippen molar-refractivity contribution in [3.63, 3.8) is 0 Å². The van der Waals surface area contributed by atoms with E-state index in [1.807, 2.05) is 33.8 Å². The van der Waals surface area contributed by atoms with Gasteiger partial charge in [0, 0.05) is 30.5 Å². The van der Waals surface area contributed by atoms with Crippen LogP contribution in [0.4, 0.5) is 4.79 Å². The number of hydrogen-bond donors (Lipinski definition) is 3. The SMILES string of the molecule is Cc1cc(C)c(C(C)(C)CC(=O)S)c(OC(=O)NCCOCCOCCN)c1. The van der Waals surface area contributed by atoms with Crippen LogP contribution in [0.25, 0.3) is 0 Å². The van der Waals surface area contributed by atoms with Crippen LogP contribution in [0.3, 0.4) is 0 Å². The van der Waals surface area contributed by atoms with Crippen molar-refractivity contribution in [2.75, 3.05) is 39.5 Å². The molecule has 1 aromatic rings. The van der Waals surface area contributed by atoms with E-state index >= 15 is 0 Å². The first kappa shape index (κ1) is 24.4. The van der Waals surface area contributed by atoms with E-state index in [-0.39, 0.29) is 11.5 Å². The zero-order valence-corrected chi connectivity index (χ0v) is 18.1. The van der Waals surface area contributed by atoms with Crippen LogP contribution >= 0.6 is 12.6 Å². The van der Waals surface area contributed by atoms with Gasteiger partial charge in [0.2, 0.25) is 0 Å². The molecule has 0 spiro atoms. The predicted octanol–water partition coefficient (Wildman–Crippen LogP) is 2.51. The van der Waals surface area contributed by atoms with Crippen LogP contribution < -0.4 is 15.8 Å². The number of rotatable bonds is 12. The molecule has 0 aliphatic carbocycles. The van der Waals surface area contributed by atoms with Crippen molar-refractivity contribution >= 4 is 23.8 Å². The van der Waals surface area contributed by atoms with Gasteiger partial charge in [0.1, 0.15) is 5.75 Å². The minimum atomic E-state index is -0.567. The van der Waals surface area contributed by atoms with Crippen LogP contribution in [0.5, 0.6) is 5.75 Å². The lowest BCUT2D eigenvalue weighted by Crippen LogP contribution is -2.31. The number of carbonyl (C=O) groups is 2. The summed E-state index contributed by atoms with van der Waals surface area (Å²) in [6, 6.07) is 3.81. The lowest BCUT2D eigenvalue weighted by molar-refractivity contribution is -0.111. The molecule has 0 aliphatic heterocycles. The second-order valence-electron chi connectivity index (χ2n) is 7.24. The van der Waals surface area contributed by atoms with Gasteiger partial charge in [-0.15, -0.1) is 12.6 Å². The maximum atomic E-state index is 12.2. The molecule has 0 aliphatic rings. The second kappa shape index (κ2) is 12.1. The van der Waals surface area contributed by atoms with Crippen LogP contribution in [0, 0.1) is 13.8 Å². The third kappa shape index (κ3) is 8.60. The summed E-state index contributed by atoms with van der Waals surface area (Å²) in [5.74, 6) is 0.450. The normalized spacial score (nSPS) is 11.4. The lowest BCUT2D eigenvalue weighted by atomic mass is 9.78. The van der Waals surface area contributed by atoms with Crippen LogP contribution in [0.2, 0.25) is 0 Å². The highest BCUT2D eigenvalue weighted by atomic mass is 32.1. The highest BCUT2D eigenvalue weighted by Crippen LogP contribution is 2.38. The highest BCUT2D eigenvalue weighted by Gasteiger charge is 2.29. The number of hydrogen-bond acceptors (Lipinski definition) is 6. The van der Waals surface area contributed by atoms with Gasteiger partial charge < -0.3 is 25.3 Å². The highest BCUT2D eigenvalue weighted by molar-refractivity contribution is 7.96. The van der Waals surface area contributed by atoms with Gasteiger partial charge in [-0.1, -0.05) is 19.9 Å². The molecule has 28 heavy (non-hydrogen) atoms. The standard InChI is InChI=1S/C20H32N2O5S/c1-14-11-15(2)18(20(3,4)13-17(23)28)16(12-14)27-19(24)22-6-8-26-10-9-25-7-5-21/h11-12H,5-10,13,21H2,1-4H3,(H,22,24)(H,23,28). The van der Waals surface area contributed by atoms with E-state index in [1.165, 1.54) is 0 Å². The van der Waals surface area contributed by atoms with Crippen LogP contribution in [0.15, 0.2) is 12.1 Å². The molecule has 1 amide bonds. The van der Waals surface area contributed by atoms with E-state index in [4.69, 9.17) is 19.9 Å². The van der Waals surface area contributed by atoms with Gasteiger partial charge >= 0.3 is 6.09 Å². The quantitative estimate of drug-likeness (QED) is 0.360. The Balaban J connectivity index is 2.65. The molecule has 0 heterocycles. The van der Waals surface area contributed by atoms with E-state index in [1.54, 1.807) is 6.07 Å². The van der Waals surface area contributed by atoms with E-state index in [2.05, 4.69) is 17.9 Å². The summed E-state index contributed by atoms with van der Waals surface area (Å²) >= 11 is 3.91. The van der Waals surface area contributed by atoms with Gasteiger partial charge in [-0.05, 0) is 31.0 Å². The molecule has 0 saturated heterocycles. The fourth-order valence-electron chi connectivity index (χ4n) is 3.11. The summed E-state index contributed by atoms with van der Waals surface area (Å²) in [4.78, 5) is 23.7. The molecular weight excluding hydrogens is 380 g/mol. The average molecular weight is 413 g/mol. The van der Waals surface area contributed by atoms with Gasteiger partial charge in [-0.25, -0.2) is 4.79 Å². The first-order valence-corrected chi connectivity index (χ1v) is 9.77. The number of benzene rings is 1. The van der Waals surface area contributed by atoms with Crippen molar-refractivity contribution in [3.8, 4) is 5.75 Å². The Morgan fingerprint density at radius 3 is 2.36 bits per heavy atom. The number of aryl methyl sites for hydroxylation is 2. The van der Waals surface area contributed by atoms with Crippen molar-refractivity contribution < 1.29 is 23.8 Å². The molecular formula is C20H32N2O5S. The van der Waals surface area contributed by atoms with Crippen molar-refractivity contribution in [2.45, 2.75) is 39.5 Å². The Labute approximate surface area is 172 Å². The summed E-state index contributed by atoms with van der Waals surface area (Å²) in [5, 5.41) is 2.45. The molecule has 0 saturated carbocycles. The zero-order valence-electron chi connectivity index (χ0n) is 17.2. The minimum absolute atomic E-state index is 0.215. The largest absolute Gasteiger partial charge is 0.412 e. The lowest BCUT2D eigenvalue weighted by Gasteiger charge is -2.28. The molecule has 1 aromatic carbocycles. The van der Waals surface area contributed by atoms with Crippen LogP contribution in [-0.2, 0) is 19.7 Å². The summed E-state index contributed by atoms with van der Waals surface area (Å²) in [5.41, 5.74) is 7.56. The maximum absolute atomic E-state index is 12.2. The smallest absolute Gasteiger partial charge is 0.410 e. The first-order valence-electron chi connectivity index (χ1n) is 9.32. The molecule has 0 bridgehead atoms. The average Bonchev–Trinajstić information content (AvgIpc) is 2.55. The third-order valence-corrected chi connectivity index (χ3v) is 4.22. The van der Waals surface area contributed by atoms with Crippen LogP contribution in [0.1, 0.15) is 37.0 Å². The number of thiol groups is 1. The minimum Gasteiger partial charge on any atom is -0.410 e. The first-order chi connectivity index (χ1) is 13.2. The van der Waals surface area contributed by atoms with Crippen molar-refractivity contribution in [1.29, 1.82) is 0 Å². The van der Waals surface area contributed by atoms with Crippen LogP contribution in [-0.4, -0.2) is 50.7 Å². The zero-order chi connectivity index (χ0) is 21.2. The van der Waals surface area contributed by atoms with E-state index in [0.717, 1.165) is 16.7 Å². The molecule has 1 rings (SSSR count). The molecule has 3 N–H and O–H groups in total. The maximum Gasteiger partial charge on any atom is 0.412 e. The molecule has 0 aromatic heterocycles. The monoisotopic (exact) mass is 412 g/mol. The predicted molar refractivity (Wildman–Crippen MR) is 112 cm³/mol. The Kier molecular flexibility index (Phi) is 10.5. The molecule has 0 atom stereocenters. The molecule has 8 heteroatoms. The number of carbonyl (C=O) groups excluding carboxylic acids is 2. The van der Waals surface area contributed by atoms with Crippen molar-refractivity contribution in [1.82, 2.24) is 5.32 Å². The number of amides is 1. The number of ether oxygens (including phenoxy) is 3. The summed E-state index contributed by atoms with van der Waals surface area (Å²) in [7, 11) is 0. The van der Waals surface area contributed by atoms with Gasteiger partial charge in [-0.2, -0.15) is 0 Å². The molecule has 0 unspecified atom stereocenters. The van der Waals surface area contributed by atoms with E-state index in [9.17, 15) is 9.59 Å². The van der Waals surface area contributed by atoms with Gasteiger partial charge in [0.25, 0.3) is 0 Å². The Morgan fingerprint density at radius 1 is 1.11 bits per heavy atom. The van der Waals surface area contributed by atoms with E-state index in [0.29, 0.717) is 45.3 Å². The Bertz CT molecular complexity index is 664. The summed E-state index contributed by atoms with van der Waals surface area (Å²) in [6.07, 6.45) is -0.333. The van der Waals surface area contributed by atoms with Gasteiger partial charge in [0.15, 0.2) is 5.12 Å². The Morgan fingerprint density at radius 2 is 1.75 bits per heavy atom. The molecule has 0 radical (unpaired) electrons. The van der Waals surface area contributed by atoms with E-state index < -0.39 is 11.5 Å². The Hall–Kier alpha value is -1.61. The fraction of sp³-hybridized carbons (Fsp3) is 0.600. The topological polar surface area (TPSA) is 99.9 Å². The number of nitrogens with two attached hydrogens (primary N) is 1. The van der Waals surface area contributed by atoms with Gasteiger partial charge in [-0.3, -0.25) is 4.79 Å².